The lowest BCUT2D eigenvalue weighted by atomic mass is 9.88. The Morgan fingerprint density at radius 1 is 0.767 bits per heavy atom. The van der Waals surface area contributed by atoms with Crippen LogP contribution in [0.5, 0.6) is 5.75 Å². The van der Waals surface area contributed by atoms with Crippen LogP contribution in [0.15, 0.2) is 54.6 Å². The van der Waals surface area contributed by atoms with E-state index in [1.54, 1.807) is 7.11 Å². The number of likely N-dealkylation sites (tertiary alicyclic amines) is 2. The minimum absolute atomic E-state index is 0.0965. The normalized spacial score (nSPS) is 20.4. The molecule has 2 fully saturated rings. The van der Waals surface area contributed by atoms with E-state index in [2.05, 4.69) is 40.1 Å². The van der Waals surface area contributed by atoms with Crippen molar-refractivity contribution in [2.75, 3.05) is 33.3 Å². The lowest BCUT2D eigenvalue weighted by Gasteiger charge is -2.44. The van der Waals surface area contributed by atoms with Gasteiger partial charge < -0.3 is 4.74 Å². The van der Waals surface area contributed by atoms with Gasteiger partial charge in [0.1, 0.15) is 5.75 Å². The number of hydrogen-bond donors (Lipinski definition) is 0. The molecule has 0 N–H and O–H groups in total. The maximum absolute atomic E-state index is 14.0. The van der Waals surface area contributed by atoms with E-state index in [4.69, 9.17) is 4.74 Å². The Kier molecular flexibility index (Phi) is 7.19. The van der Waals surface area contributed by atoms with Crippen molar-refractivity contribution in [3.05, 3.63) is 65.7 Å². The molecule has 4 nitrogen and oxygen atoms in total. The standard InChI is InChI=1S/C26H34N2O2/c1-30-23-15-13-22(14-16-23)26(29)25(28-19-9-4-10-20-28)24(21-11-5-2-6-12-21)27-17-7-3-8-18-27/h2,5-6,11-16,24-25H,3-4,7-10,17-20H2,1H3/t24-,25+/m0/s1. The van der Waals surface area contributed by atoms with Gasteiger partial charge in [-0.3, -0.25) is 14.6 Å². The van der Waals surface area contributed by atoms with E-state index in [1.807, 2.05) is 24.3 Å². The first-order valence-electron chi connectivity index (χ1n) is 11.5. The van der Waals surface area contributed by atoms with Crippen LogP contribution in [0.2, 0.25) is 0 Å². The molecule has 0 amide bonds. The number of hydrogen-bond acceptors (Lipinski definition) is 4. The van der Waals surface area contributed by atoms with Crippen LogP contribution >= 0.6 is 0 Å². The average molecular weight is 407 g/mol. The smallest absolute Gasteiger partial charge is 0.181 e. The molecule has 4 rings (SSSR count). The third kappa shape index (κ3) is 4.76. The number of ketones is 1. The molecule has 0 saturated carbocycles. The van der Waals surface area contributed by atoms with Crippen molar-refractivity contribution >= 4 is 5.78 Å². The number of rotatable bonds is 7. The van der Waals surface area contributed by atoms with Crippen molar-refractivity contribution in [1.29, 1.82) is 0 Å². The molecule has 2 aromatic rings. The van der Waals surface area contributed by atoms with Crippen molar-refractivity contribution in [2.45, 2.75) is 50.6 Å². The van der Waals surface area contributed by atoms with Gasteiger partial charge in [0, 0.05) is 5.56 Å². The fourth-order valence-electron chi connectivity index (χ4n) is 5.07. The van der Waals surface area contributed by atoms with Gasteiger partial charge in [0.05, 0.1) is 19.2 Å². The number of carbonyl (C=O) groups excluding carboxylic acids is 1. The predicted octanol–water partition coefficient (Wildman–Crippen LogP) is 4.96. The van der Waals surface area contributed by atoms with Gasteiger partial charge in [-0.15, -0.1) is 0 Å². The molecule has 0 aromatic heterocycles. The van der Waals surface area contributed by atoms with Crippen LogP contribution < -0.4 is 4.74 Å². The first kappa shape index (κ1) is 21.1. The van der Waals surface area contributed by atoms with Crippen molar-refractivity contribution in [3.8, 4) is 5.75 Å². The van der Waals surface area contributed by atoms with Crippen LogP contribution in [0.25, 0.3) is 0 Å². The largest absolute Gasteiger partial charge is 0.497 e. The molecule has 160 valence electrons. The van der Waals surface area contributed by atoms with Crippen LogP contribution in [-0.2, 0) is 0 Å². The summed E-state index contributed by atoms with van der Waals surface area (Å²) in [6.07, 6.45) is 7.33. The van der Waals surface area contributed by atoms with Crippen molar-refractivity contribution in [1.82, 2.24) is 9.80 Å². The zero-order valence-corrected chi connectivity index (χ0v) is 18.1. The Balaban J connectivity index is 1.73. The topological polar surface area (TPSA) is 32.8 Å². The number of benzene rings is 2. The number of ether oxygens (including phenoxy) is 1. The van der Waals surface area contributed by atoms with E-state index in [0.717, 1.165) is 37.5 Å². The maximum atomic E-state index is 14.0. The molecule has 2 aliphatic rings. The van der Waals surface area contributed by atoms with Crippen LogP contribution in [0.4, 0.5) is 0 Å². The highest BCUT2D eigenvalue weighted by molar-refractivity contribution is 6.00. The van der Waals surface area contributed by atoms with E-state index in [9.17, 15) is 4.79 Å². The monoisotopic (exact) mass is 406 g/mol. The highest BCUT2D eigenvalue weighted by Gasteiger charge is 2.39. The highest BCUT2D eigenvalue weighted by Crippen LogP contribution is 2.34. The summed E-state index contributed by atoms with van der Waals surface area (Å²) in [6.45, 7) is 4.15. The van der Waals surface area contributed by atoms with Gasteiger partial charge in [-0.2, -0.15) is 0 Å². The summed E-state index contributed by atoms with van der Waals surface area (Å²) in [4.78, 5) is 19.0. The molecular formula is C26H34N2O2. The summed E-state index contributed by atoms with van der Waals surface area (Å²) < 4.78 is 5.31. The van der Waals surface area contributed by atoms with Crippen molar-refractivity contribution in [2.24, 2.45) is 0 Å². The lowest BCUT2D eigenvalue weighted by Crippen LogP contribution is -2.53. The number of carbonyl (C=O) groups is 1. The Labute approximate surface area is 180 Å². The molecule has 2 heterocycles. The molecule has 0 radical (unpaired) electrons. The molecule has 0 unspecified atom stereocenters. The molecule has 4 heteroatoms. The van der Waals surface area contributed by atoms with Crippen molar-refractivity contribution in [3.63, 3.8) is 0 Å². The summed E-state index contributed by atoms with van der Waals surface area (Å²) in [6, 6.07) is 18.3. The minimum atomic E-state index is -0.154. The zero-order valence-electron chi connectivity index (χ0n) is 18.1. The molecule has 0 spiro atoms. The van der Waals surface area contributed by atoms with Crippen LogP contribution in [0.1, 0.15) is 60.5 Å². The molecule has 2 saturated heterocycles. The molecule has 2 aliphatic heterocycles. The second-order valence-corrected chi connectivity index (χ2v) is 8.59. The van der Waals surface area contributed by atoms with Gasteiger partial charge in [0.2, 0.25) is 0 Å². The number of nitrogens with zero attached hydrogens (tertiary/aromatic N) is 2. The third-order valence-corrected chi connectivity index (χ3v) is 6.65. The van der Waals surface area contributed by atoms with Crippen molar-refractivity contribution < 1.29 is 9.53 Å². The van der Waals surface area contributed by atoms with E-state index in [-0.39, 0.29) is 17.9 Å². The first-order chi connectivity index (χ1) is 14.8. The molecule has 0 bridgehead atoms. The Hall–Kier alpha value is -2.17. The Morgan fingerprint density at radius 3 is 1.90 bits per heavy atom. The number of piperidine rings is 2. The molecule has 30 heavy (non-hydrogen) atoms. The summed E-state index contributed by atoms with van der Waals surface area (Å²) >= 11 is 0. The van der Waals surface area contributed by atoms with Gasteiger partial charge in [0.15, 0.2) is 5.78 Å². The van der Waals surface area contributed by atoms with Crippen LogP contribution in [-0.4, -0.2) is 54.9 Å². The summed E-state index contributed by atoms with van der Waals surface area (Å²) in [5.41, 5.74) is 2.04. The first-order valence-corrected chi connectivity index (χ1v) is 11.5. The second kappa shape index (κ2) is 10.2. The lowest BCUT2D eigenvalue weighted by molar-refractivity contribution is 0.0425. The quantitative estimate of drug-likeness (QED) is 0.609. The number of methoxy groups -OCH3 is 1. The minimum Gasteiger partial charge on any atom is -0.497 e. The van der Waals surface area contributed by atoms with E-state index >= 15 is 0 Å². The van der Waals surface area contributed by atoms with Gasteiger partial charge in [-0.25, -0.2) is 0 Å². The number of Topliss-reactive ketones (excluding diaryl/α,β-unsaturated/α-hetero) is 1. The molecular weight excluding hydrogens is 372 g/mol. The SMILES string of the molecule is COc1ccc(C(=O)[C@@H]([C@H](c2ccccc2)N2CCCCC2)N2CCCCC2)cc1. The highest BCUT2D eigenvalue weighted by atomic mass is 16.5. The third-order valence-electron chi connectivity index (χ3n) is 6.65. The summed E-state index contributed by atoms with van der Waals surface area (Å²) in [7, 11) is 1.66. The maximum Gasteiger partial charge on any atom is 0.181 e. The van der Waals surface area contributed by atoms with Crippen LogP contribution in [0, 0.1) is 0 Å². The molecule has 2 aromatic carbocycles. The van der Waals surface area contributed by atoms with E-state index < -0.39 is 0 Å². The van der Waals surface area contributed by atoms with Crippen LogP contribution in [0.3, 0.4) is 0 Å². The van der Waals surface area contributed by atoms with Gasteiger partial charge in [-0.1, -0.05) is 43.2 Å². The second-order valence-electron chi connectivity index (χ2n) is 8.59. The fourth-order valence-corrected chi connectivity index (χ4v) is 5.07. The van der Waals surface area contributed by atoms with E-state index in [0.29, 0.717) is 0 Å². The summed E-state index contributed by atoms with van der Waals surface area (Å²) in [5.74, 6) is 1.02. The zero-order chi connectivity index (χ0) is 20.8. The Morgan fingerprint density at radius 2 is 1.33 bits per heavy atom. The molecule has 2 atom stereocenters. The predicted molar refractivity (Wildman–Crippen MR) is 121 cm³/mol. The fraction of sp³-hybridized carbons (Fsp3) is 0.500. The molecule has 0 aliphatic carbocycles. The summed E-state index contributed by atoms with van der Waals surface area (Å²) in [5, 5.41) is 0. The Bertz CT molecular complexity index is 794. The van der Waals surface area contributed by atoms with Gasteiger partial charge >= 0.3 is 0 Å². The van der Waals surface area contributed by atoms with E-state index in [1.165, 1.54) is 44.1 Å². The van der Waals surface area contributed by atoms with Gasteiger partial charge in [0.25, 0.3) is 0 Å². The van der Waals surface area contributed by atoms with Gasteiger partial charge in [-0.05, 0) is 81.7 Å². The average Bonchev–Trinajstić information content (AvgIpc) is 2.84.